The summed E-state index contributed by atoms with van der Waals surface area (Å²) >= 11 is 0. The predicted molar refractivity (Wildman–Crippen MR) is 80.6 cm³/mol. The Morgan fingerprint density at radius 1 is 1.50 bits per heavy atom. The van der Waals surface area contributed by atoms with Crippen LogP contribution < -0.4 is 11.1 Å². The van der Waals surface area contributed by atoms with Gasteiger partial charge in [-0.3, -0.25) is 4.79 Å². The summed E-state index contributed by atoms with van der Waals surface area (Å²) < 4.78 is 0. The Morgan fingerprint density at radius 3 is 2.72 bits per heavy atom. The van der Waals surface area contributed by atoms with Crippen molar-refractivity contribution in [1.82, 2.24) is 10.2 Å². The lowest BCUT2D eigenvalue weighted by Gasteiger charge is -2.30. The normalized spacial score (nSPS) is 21.4. The maximum absolute atomic E-state index is 11.5. The summed E-state index contributed by atoms with van der Waals surface area (Å²) in [4.78, 5) is 13.9. The third-order valence-electron chi connectivity index (χ3n) is 3.27. The minimum Gasteiger partial charge on any atom is -0.355 e. The van der Waals surface area contributed by atoms with Gasteiger partial charge in [-0.1, -0.05) is 13.8 Å². The van der Waals surface area contributed by atoms with E-state index in [2.05, 4.69) is 17.1 Å². The average Bonchev–Trinajstić information content (AvgIpc) is 2.28. The van der Waals surface area contributed by atoms with Crippen molar-refractivity contribution in [2.45, 2.75) is 26.7 Å². The first-order valence-corrected chi connectivity index (χ1v) is 6.33. The van der Waals surface area contributed by atoms with E-state index in [1.165, 1.54) is 25.9 Å². The van der Waals surface area contributed by atoms with Crippen molar-refractivity contribution < 1.29 is 4.79 Å². The van der Waals surface area contributed by atoms with Crippen LogP contribution in [0, 0.1) is 11.8 Å². The van der Waals surface area contributed by atoms with Crippen molar-refractivity contribution in [2.24, 2.45) is 17.6 Å². The van der Waals surface area contributed by atoms with Gasteiger partial charge in [0.15, 0.2) is 0 Å². The Kier molecular flexibility index (Phi) is 12.2. The number of carbonyl (C=O) groups excluding carboxylic acids is 1. The smallest absolute Gasteiger partial charge is 0.224 e. The molecule has 1 fully saturated rings. The second-order valence-electron chi connectivity index (χ2n) is 4.98. The van der Waals surface area contributed by atoms with Crippen molar-refractivity contribution in [3.63, 3.8) is 0 Å². The molecule has 0 aliphatic carbocycles. The lowest BCUT2D eigenvalue weighted by molar-refractivity contribution is -0.124. The maximum atomic E-state index is 11.5. The SMILES string of the molecule is CC1CCCN(CCNC(=O)C(C)CN)C1.Cl.Cl. The van der Waals surface area contributed by atoms with Gasteiger partial charge in [-0.2, -0.15) is 0 Å². The highest BCUT2D eigenvalue weighted by molar-refractivity contribution is 5.85. The number of hydrogen-bond donors (Lipinski definition) is 2. The number of amides is 1. The van der Waals surface area contributed by atoms with E-state index in [1.54, 1.807) is 0 Å². The predicted octanol–water partition coefficient (Wildman–Crippen LogP) is 1.27. The van der Waals surface area contributed by atoms with Crippen LogP contribution in [0.2, 0.25) is 0 Å². The zero-order valence-electron chi connectivity index (χ0n) is 11.4. The van der Waals surface area contributed by atoms with Gasteiger partial charge >= 0.3 is 0 Å². The second-order valence-corrected chi connectivity index (χ2v) is 4.98. The number of nitrogens with one attached hydrogen (secondary N) is 1. The molecule has 1 heterocycles. The largest absolute Gasteiger partial charge is 0.355 e. The van der Waals surface area contributed by atoms with Gasteiger partial charge in [-0.05, 0) is 25.3 Å². The summed E-state index contributed by atoms with van der Waals surface area (Å²) in [5.74, 6) is 0.806. The highest BCUT2D eigenvalue weighted by Gasteiger charge is 2.16. The molecule has 0 spiro atoms. The van der Waals surface area contributed by atoms with E-state index in [1.807, 2.05) is 6.92 Å². The van der Waals surface area contributed by atoms with E-state index in [-0.39, 0.29) is 36.6 Å². The Morgan fingerprint density at radius 2 is 2.17 bits per heavy atom. The van der Waals surface area contributed by atoms with Crippen LogP contribution in [-0.4, -0.2) is 43.5 Å². The third kappa shape index (κ3) is 7.41. The lowest BCUT2D eigenvalue weighted by atomic mass is 10.0. The molecule has 0 bridgehead atoms. The number of nitrogens with zero attached hydrogens (tertiary/aromatic N) is 1. The van der Waals surface area contributed by atoms with Crippen LogP contribution in [0.3, 0.4) is 0 Å². The van der Waals surface area contributed by atoms with Crippen molar-refractivity contribution >= 4 is 30.7 Å². The summed E-state index contributed by atoms with van der Waals surface area (Å²) in [6, 6.07) is 0. The number of rotatable bonds is 5. The van der Waals surface area contributed by atoms with Gasteiger partial charge < -0.3 is 16.0 Å². The fourth-order valence-corrected chi connectivity index (χ4v) is 2.11. The van der Waals surface area contributed by atoms with E-state index < -0.39 is 0 Å². The molecule has 1 saturated heterocycles. The zero-order chi connectivity index (χ0) is 12.0. The number of hydrogen-bond acceptors (Lipinski definition) is 3. The molecular weight excluding hydrogens is 273 g/mol. The minimum atomic E-state index is -0.0692. The molecule has 1 aliphatic rings. The van der Waals surface area contributed by atoms with Gasteiger partial charge in [0, 0.05) is 32.1 Å². The highest BCUT2D eigenvalue weighted by Crippen LogP contribution is 2.14. The fourth-order valence-electron chi connectivity index (χ4n) is 2.11. The van der Waals surface area contributed by atoms with Gasteiger partial charge in [0.25, 0.3) is 0 Å². The maximum Gasteiger partial charge on any atom is 0.224 e. The number of piperidine rings is 1. The van der Waals surface area contributed by atoms with Crippen molar-refractivity contribution in [1.29, 1.82) is 0 Å². The number of likely N-dealkylation sites (tertiary alicyclic amines) is 1. The second kappa shape index (κ2) is 10.9. The van der Waals surface area contributed by atoms with E-state index in [9.17, 15) is 4.79 Å². The number of nitrogens with two attached hydrogens (primary N) is 1. The lowest BCUT2D eigenvalue weighted by Crippen LogP contribution is -2.42. The van der Waals surface area contributed by atoms with Crippen LogP contribution in [0.1, 0.15) is 26.7 Å². The molecule has 4 nitrogen and oxygen atoms in total. The van der Waals surface area contributed by atoms with Crippen molar-refractivity contribution in [3.05, 3.63) is 0 Å². The van der Waals surface area contributed by atoms with Crippen LogP contribution in [0.15, 0.2) is 0 Å². The molecule has 2 atom stereocenters. The van der Waals surface area contributed by atoms with Crippen molar-refractivity contribution in [3.8, 4) is 0 Å². The van der Waals surface area contributed by atoms with Crippen LogP contribution >= 0.6 is 24.8 Å². The summed E-state index contributed by atoms with van der Waals surface area (Å²) in [5, 5.41) is 2.93. The Balaban J connectivity index is 0. The molecule has 2 unspecified atom stereocenters. The first-order chi connectivity index (χ1) is 7.63. The van der Waals surface area contributed by atoms with Crippen LogP contribution in [0.4, 0.5) is 0 Å². The minimum absolute atomic E-state index is 0. The fraction of sp³-hybridized carbons (Fsp3) is 0.917. The molecule has 1 amide bonds. The molecule has 0 saturated carbocycles. The van der Waals surface area contributed by atoms with Crippen LogP contribution in [0.5, 0.6) is 0 Å². The Hall–Kier alpha value is -0.0300. The van der Waals surface area contributed by atoms with Gasteiger partial charge in [-0.25, -0.2) is 0 Å². The molecule has 0 aromatic heterocycles. The monoisotopic (exact) mass is 299 g/mol. The molecule has 110 valence electrons. The molecule has 3 N–H and O–H groups in total. The van der Waals surface area contributed by atoms with E-state index in [0.717, 1.165) is 19.0 Å². The highest BCUT2D eigenvalue weighted by atomic mass is 35.5. The van der Waals surface area contributed by atoms with Gasteiger partial charge in [0.05, 0.1) is 0 Å². The van der Waals surface area contributed by atoms with E-state index >= 15 is 0 Å². The molecule has 6 heteroatoms. The van der Waals surface area contributed by atoms with E-state index in [0.29, 0.717) is 6.54 Å². The zero-order valence-corrected chi connectivity index (χ0v) is 13.0. The van der Waals surface area contributed by atoms with Gasteiger partial charge in [0.2, 0.25) is 5.91 Å². The number of halogens is 2. The standard InChI is InChI=1S/C12H25N3O.2ClH/c1-10-4-3-6-15(9-10)7-5-14-12(16)11(2)8-13;;/h10-11H,3-9,13H2,1-2H3,(H,14,16);2*1H. The van der Waals surface area contributed by atoms with Crippen LogP contribution in [0.25, 0.3) is 0 Å². The van der Waals surface area contributed by atoms with E-state index in [4.69, 9.17) is 5.73 Å². The summed E-state index contributed by atoms with van der Waals surface area (Å²) in [6.07, 6.45) is 2.63. The summed E-state index contributed by atoms with van der Waals surface area (Å²) in [7, 11) is 0. The first-order valence-electron chi connectivity index (χ1n) is 6.33. The third-order valence-corrected chi connectivity index (χ3v) is 3.27. The van der Waals surface area contributed by atoms with Crippen LogP contribution in [-0.2, 0) is 4.79 Å². The Labute approximate surface area is 123 Å². The molecule has 0 radical (unpaired) electrons. The average molecular weight is 300 g/mol. The molecule has 1 rings (SSSR count). The molecule has 0 aromatic rings. The molecule has 1 aliphatic heterocycles. The molecule has 0 aromatic carbocycles. The summed E-state index contributed by atoms with van der Waals surface area (Å²) in [5.41, 5.74) is 5.43. The quantitative estimate of drug-likeness (QED) is 0.804. The number of carbonyl (C=O) groups is 1. The topological polar surface area (TPSA) is 58.4 Å². The van der Waals surface area contributed by atoms with Gasteiger partial charge in [0.1, 0.15) is 0 Å². The van der Waals surface area contributed by atoms with Gasteiger partial charge in [-0.15, -0.1) is 24.8 Å². The Bertz CT molecular complexity index is 229. The summed E-state index contributed by atoms with van der Waals surface area (Å²) in [6.45, 7) is 8.63. The first kappa shape index (κ1) is 20.3. The van der Waals surface area contributed by atoms with Crippen molar-refractivity contribution in [2.75, 3.05) is 32.7 Å². The molecule has 18 heavy (non-hydrogen) atoms. The molecular formula is C12H27Cl2N3O.